The lowest BCUT2D eigenvalue weighted by Gasteiger charge is -2.37. The minimum Gasteiger partial charge on any atom is -0.497 e. The maximum Gasteiger partial charge on any atom is 0.256 e. The molecule has 1 N–H and O–H groups in total. The second kappa shape index (κ2) is 16.4. The molecule has 0 saturated carbocycles. The maximum absolute atomic E-state index is 13.0. The molecule has 11 nitrogen and oxygen atoms in total. The highest BCUT2D eigenvalue weighted by molar-refractivity contribution is 9.00. The summed E-state index contributed by atoms with van der Waals surface area (Å²) in [4.78, 5) is 26.6. The van der Waals surface area contributed by atoms with Crippen LogP contribution < -0.4 is 14.8 Å². The Labute approximate surface area is 332 Å². The minimum absolute atomic E-state index is 0.165. The number of methoxy groups -OCH3 is 2. The van der Waals surface area contributed by atoms with E-state index in [2.05, 4.69) is 32.4 Å². The molecule has 2 saturated heterocycles. The number of anilines is 1. The maximum atomic E-state index is 13.0. The van der Waals surface area contributed by atoms with E-state index in [1.54, 1.807) is 55.4 Å². The summed E-state index contributed by atoms with van der Waals surface area (Å²) in [5, 5.41) is 2.89. The van der Waals surface area contributed by atoms with E-state index < -0.39 is 22.6 Å². The standard InChI is InChI=1S/C40H38N5O6PS3/c1-47-31-17-13-29(14-18-31)40(28-11-7-4-8-12-28,30-15-19-32(48-2)20-16-30)49-24-34-33(51-52(53)54-21-22-55-52)23-35(50-34)45-26-43-36-37(41-25-42-38(36)45)44-39(46)27-9-5-3-6-10-27/h3-20,25-26,33-35H,21-24H2,1-2H3,(H,41,42,44,46)/t33-,34+,35+/m0/s1. The number of nitrogens with zero attached hydrogens (tertiary/aromatic N) is 4. The molecule has 8 rings (SSSR count). The van der Waals surface area contributed by atoms with Gasteiger partial charge in [-0.1, -0.05) is 95.6 Å². The van der Waals surface area contributed by atoms with E-state index in [9.17, 15) is 4.79 Å². The van der Waals surface area contributed by atoms with E-state index in [1.165, 1.54) is 6.33 Å². The largest absolute Gasteiger partial charge is 0.497 e. The first kappa shape index (κ1) is 37.6. The number of benzene rings is 4. The Bertz CT molecular complexity index is 2240. The van der Waals surface area contributed by atoms with Crippen LogP contribution in [-0.2, 0) is 31.4 Å². The molecule has 6 aromatic rings. The summed E-state index contributed by atoms with van der Waals surface area (Å²) in [7, 11) is 3.31. The fourth-order valence-corrected chi connectivity index (χ4v) is 16.3. The van der Waals surface area contributed by atoms with Gasteiger partial charge < -0.3 is 28.8 Å². The van der Waals surface area contributed by atoms with Gasteiger partial charge in [-0.25, -0.2) is 15.0 Å². The minimum atomic E-state index is -2.21. The Morgan fingerprint density at radius 1 is 0.855 bits per heavy atom. The SMILES string of the molecule is COc1ccc(C(OC[C@H]2O[C@@H](n3cnc4c(NC(=O)c5ccccc5)ncnc43)C[C@@H]2OP2(=S)SCCS2)(c2ccccc2)c2ccc(OC)cc2)cc1. The molecule has 0 unspecified atom stereocenters. The van der Waals surface area contributed by atoms with Crippen molar-refractivity contribution in [3.8, 4) is 11.5 Å². The number of carbonyl (C=O) groups excluding carboxylic acids is 1. The number of amides is 1. The normalized spacial score (nSPS) is 19.3. The Kier molecular flexibility index (Phi) is 11.3. The number of nitrogens with one attached hydrogen (secondary N) is 1. The molecule has 0 bridgehead atoms. The summed E-state index contributed by atoms with van der Waals surface area (Å²) in [6, 6.07) is 35.0. The molecule has 3 atom stereocenters. The summed E-state index contributed by atoms with van der Waals surface area (Å²) in [6.45, 7) is 0.165. The Morgan fingerprint density at radius 2 is 1.45 bits per heavy atom. The van der Waals surface area contributed by atoms with E-state index in [0.29, 0.717) is 29.0 Å². The van der Waals surface area contributed by atoms with Crippen molar-refractivity contribution in [2.75, 3.05) is 37.6 Å². The van der Waals surface area contributed by atoms with Crippen LogP contribution in [0.2, 0.25) is 0 Å². The average Bonchev–Trinajstić information content (AvgIpc) is 3.98. The third-order valence-corrected chi connectivity index (χ3v) is 19.4. The van der Waals surface area contributed by atoms with Gasteiger partial charge in [0.15, 0.2) is 21.7 Å². The van der Waals surface area contributed by atoms with Crippen molar-refractivity contribution in [1.82, 2.24) is 19.5 Å². The highest BCUT2D eigenvalue weighted by atomic mass is 33.2. The average molecular weight is 812 g/mol. The number of carbonyl (C=O) groups is 1. The van der Waals surface area contributed by atoms with Crippen molar-refractivity contribution in [1.29, 1.82) is 0 Å². The first-order chi connectivity index (χ1) is 26.9. The highest BCUT2D eigenvalue weighted by Gasteiger charge is 2.45. The van der Waals surface area contributed by atoms with Crippen LogP contribution in [-0.4, -0.2) is 70.0 Å². The molecule has 2 fully saturated rings. The molecule has 4 aromatic carbocycles. The summed E-state index contributed by atoms with van der Waals surface area (Å²) < 4.78 is 31.8. The van der Waals surface area contributed by atoms with Gasteiger partial charge in [0.1, 0.15) is 35.8 Å². The number of fused-ring (bicyclic) bond motifs is 1. The summed E-state index contributed by atoms with van der Waals surface area (Å²) in [5.74, 6) is 3.39. The fraction of sp³-hybridized carbons (Fsp3) is 0.250. The van der Waals surface area contributed by atoms with Crippen LogP contribution in [0.15, 0.2) is 122 Å². The molecular weight excluding hydrogens is 774 g/mol. The van der Waals surface area contributed by atoms with Crippen LogP contribution in [0, 0.1) is 0 Å². The highest BCUT2D eigenvalue weighted by Crippen LogP contribution is 2.75. The number of hydrogen-bond acceptors (Lipinski definition) is 12. The van der Waals surface area contributed by atoms with Crippen LogP contribution >= 0.6 is 27.4 Å². The molecule has 2 aliphatic heterocycles. The van der Waals surface area contributed by atoms with E-state index in [0.717, 1.165) is 39.7 Å². The van der Waals surface area contributed by atoms with Gasteiger partial charge in [-0.2, -0.15) is 0 Å². The number of aromatic nitrogens is 4. The van der Waals surface area contributed by atoms with Crippen LogP contribution in [0.5, 0.6) is 11.5 Å². The molecule has 55 heavy (non-hydrogen) atoms. The monoisotopic (exact) mass is 811 g/mol. The predicted octanol–water partition coefficient (Wildman–Crippen LogP) is 8.48. The van der Waals surface area contributed by atoms with E-state index in [1.807, 2.05) is 89.5 Å². The Hall–Kier alpha value is -4.27. The lowest BCUT2D eigenvalue weighted by atomic mass is 9.80. The second-order valence-electron chi connectivity index (χ2n) is 12.8. The molecule has 0 spiro atoms. The van der Waals surface area contributed by atoms with Crippen LogP contribution in [0.3, 0.4) is 0 Å². The van der Waals surface area contributed by atoms with E-state index >= 15 is 0 Å². The second-order valence-corrected chi connectivity index (χ2v) is 23.5. The third kappa shape index (κ3) is 7.77. The van der Waals surface area contributed by atoms with Gasteiger partial charge in [-0.15, -0.1) is 0 Å². The number of imidazole rings is 1. The van der Waals surface area contributed by atoms with Crippen molar-refractivity contribution in [2.24, 2.45) is 0 Å². The lowest BCUT2D eigenvalue weighted by Crippen LogP contribution is -2.38. The lowest BCUT2D eigenvalue weighted by molar-refractivity contribution is -0.0891. The van der Waals surface area contributed by atoms with Crippen LogP contribution in [0.1, 0.15) is 39.7 Å². The third-order valence-electron chi connectivity index (χ3n) is 9.60. The number of ether oxygens (including phenoxy) is 4. The van der Waals surface area contributed by atoms with Gasteiger partial charge in [-0.05, 0) is 64.9 Å². The molecule has 4 heterocycles. The number of hydrogen-bond donors (Lipinski definition) is 1. The fourth-order valence-electron chi connectivity index (χ4n) is 6.90. The molecule has 0 aliphatic carbocycles. The zero-order chi connectivity index (χ0) is 37.8. The van der Waals surface area contributed by atoms with Gasteiger partial charge in [-0.3, -0.25) is 9.36 Å². The molecule has 2 aromatic heterocycles. The van der Waals surface area contributed by atoms with Gasteiger partial charge >= 0.3 is 0 Å². The Morgan fingerprint density at radius 3 is 2.07 bits per heavy atom. The zero-order valence-corrected chi connectivity index (χ0v) is 33.4. The summed E-state index contributed by atoms with van der Waals surface area (Å²) in [6.07, 6.45) is 2.16. The predicted molar refractivity (Wildman–Crippen MR) is 221 cm³/mol. The molecule has 1 amide bonds. The summed E-state index contributed by atoms with van der Waals surface area (Å²) in [5.41, 5.74) is 3.19. The van der Waals surface area contributed by atoms with Gasteiger partial charge in [0, 0.05) is 23.5 Å². The van der Waals surface area contributed by atoms with E-state index in [-0.39, 0.29) is 18.6 Å². The molecule has 0 radical (unpaired) electrons. The first-order valence-electron chi connectivity index (χ1n) is 17.6. The van der Waals surface area contributed by atoms with Crippen molar-refractivity contribution >= 4 is 62.1 Å². The topological polar surface area (TPSA) is 119 Å². The number of rotatable bonds is 13. The molecule has 2 aliphatic rings. The summed E-state index contributed by atoms with van der Waals surface area (Å²) >= 11 is 9.58. The van der Waals surface area contributed by atoms with Crippen molar-refractivity contribution < 1.29 is 28.3 Å². The quantitative estimate of drug-likeness (QED) is 0.0891. The van der Waals surface area contributed by atoms with Crippen molar-refractivity contribution in [3.63, 3.8) is 0 Å². The van der Waals surface area contributed by atoms with Gasteiger partial charge in [0.05, 0.1) is 33.3 Å². The van der Waals surface area contributed by atoms with E-state index in [4.69, 9.17) is 35.3 Å². The van der Waals surface area contributed by atoms with Crippen molar-refractivity contribution in [3.05, 3.63) is 144 Å². The molecule has 282 valence electrons. The van der Waals surface area contributed by atoms with Gasteiger partial charge in [0.2, 0.25) is 0 Å². The van der Waals surface area contributed by atoms with Crippen LogP contribution in [0.4, 0.5) is 5.82 Å². The molecule has 15 heteroatoms. The smallest absolute Gasteiger partial charge is 0.256 e. The van der Waals surface area contributed by atoms with Crippen molar-refractivity contribution in [2.45, 2.75) is 30.5 Å². The van der Waals surface area contributed by atoms with Gasteiger partial charge in [0.25, 0.3) is 5.91 Å². The molecular formula is C40H38N5O6PS3. The Balaban J connectivity index is 1.15. The first-order valence-corrected chi connectivity index (χ1v) is 23.5. The zero-order valence-electron chi connectivity index (χ0n) is 30.0. The van der Waals surface area contributed by atoms with Crippen LogP contribution in [0.25, 0.3) is 11.2 Å².